The van der Waals surface area contributed by atoms with Gasteiger partial charge in [-0.05, 0) is 31.5 Å². The Labute approximate surface area is 112 Å². The van der Waals surface area contributed by atoms with Gasteiger partial charge >= 0.3 is 5.97 Å². The first-order valence-corrected chi connectivity index (χ1v) is 6.61. The van der Waals surface area contributed by atoms with Gasteiger partial charge in [-0.2, -0.15) is 0 Å². The number of carbonyl (C=O) groups is 1. The number of hydrogen-bond donors (Lipinski definition) is 2. The number of halogens is 1. The van der Waals surface area contributed by atoms with Crippen LogP contribution in [0.15, 0.2) is 24.3 Å². The number of carboxylic acid groups (broad SMARTS) is 1. The van der Waals surface area contributed by atoms with Crippen LogP contribution in [0.25, 0.3) is 0 Å². The van der Waals surface area contributed by atoms with E-state index in [1.54, 1.807) is 12.1 Å². The maximum atomic E-state index is 13.8. The highest BCUT2D eigenvalue weighted by molar-refractivity contribution is 5.66. The summed E-state index contributed by atoms with van der Waals surface area (Å²) in [7, 11) is 0. The number of carboxylic acids is 1. The number of anilines is 1. The molecule has 1 aromatic carbocycles. The van der Waals surface area contributed by atoms with E-state index in [-0.39, 0.29) is 18.3 Å². The second-order valence-electron chi connectivity index (χ2n) is 4.83. The molecule has 0 aromatic heterocycles. The number of rotatable bonds is 4. The third kappa shape index (κ3) is 3.92. The second-order valence-corrected chi connectivity index (χ2v) is 4.83. The van der Waals surface area contributed by atoms with Gasteiger partial charge < -0.3 is 15.3 Å². The highest BCUT2D eigenvalue weighted by atomic mass is 19.1. The molecule has 0 radical (unpaired) electrons. The van der Waals surface area contributed by atoms with E-state index in [0.717, 1.165) is 19.5 Å². The summed E-state index contributed by atoms with van der Waals surface area (Å²) < 4.78 is 13.8. The normalized spacial score (nSPS) is 20.1. The molecule has 104 valence electrons. The number of nitrogens with zero attached hydrogens (tertiary/aromatic N) is 1. The molecule has 1 fully saturated rings. The first kappa shape index (κ1) is 13.8. The van der Waals surface area contributed by atoms with Crippen LogP contribution in [-0.4, -0.2) is 36.8 Å². The lowest BCUT2D eigenvalue weighted by molar-refractivity contribution is -0.137. The van der Waals surface area contributed by atoms with Gasteiger partial charge in [0.15, 0.2) is 0 Å². The molecular weight excluding hydrogens is 247 g/mol. The Kier molecular flexibility index (Phi) is 4.74. The van der Waals surface area contributed by atoms with Gasteiger partial charge in [0.2, 0.25) is 0 Å². The van der Waals surface area contributed by atoms with Crippen molar-refractivity contribution >= 4 is 11.7 Å². The fraction of sp³-hybridized carbons (Fsp3) is 0.500. The van der Waals surface area contributed by atoms with Gasteiger partial charge in [-0.15, -0.1) is 0 Å². The average molecular weight is 266 g/mol. The Morgan fingerprint density at radius 3 is 3.00 bits per heavy atom. The largest absolute Gasteiger partial charge is 0.481 e. The van der Waals surface area contributed by atoms with Gasteiger partial charge in [-0.1, -0.05) is 12.1 Å². The van der Waals surface area contributed by atoms with E-state index in [9.17, 15) is 9.18 Å². The zero-order chi connectivity index (χ0) is 13.7. The summed E-state index contributed by atoms with van der Waals surface area (Å²) in [6.07, 6.45) is 1.64. The molecule has 0 amide bonds. The molecule has 1 aromatic rings. The van der Waals surface area contributed by atoms with E-state index in [1.165, 1.54) is 6.07 Å². The first-order chi connectivity index (χ1) is 9.16. The molecule has 0 saturated carbocycles. The van der Waals surface area contributed by atoms with E-state index in [0.29, 0.717) is 18.7 Å². The molecule has 1 atom stereocenters. The van der Waals surface area contributed by atoms with Crippen molar-refractivity contribution in [3.05, 3.63) is 30.1 Å². The van der Waals surface area contributed by atoms with Gasteiger partial charge in [0.1, 0.15) is 5.82 Å². The van der Waals surface area contributed by atoms with Crippen LogP contribution in [-0.2, 0) is 4.79 Å². The molecule has 1 aliphatic heterocycles. The van der Waals surface area contributed by atoms with Crippen molar-refractivity contribution in [2.45, 2.75) is 25.3 Å². The van der Waals surface area contributed by atoms with Crippen molar-refractivity contribution in [2.24, 2.45) is 0 Å². The van der Waals surface area contributed by atoms with Crippen LogP contribution in [0, 0.1) is 5.82 Å². The third-order valence-corrected chi connectivity index (χ3v) is 3.38. The lowest BCUT2D eigenvalue weighted by Crippen LogP contribution is -2.38. The van der Waals surface area contributed by atoms with E-state index >= 15 is 0 Å². The molecule has 4 nitrogen and oxygen atoms in total. The Bertz CT molecular complexity index is 439. The SMILES string of the molecule is O=C(O)CCC1CN(c2ccccc2F)CCCN1. The lowest BCUT2D eigenvalue weighted by atomic mass is 10.1. The molecule has 1 aliphatic rings. The van der Waals surface area contributed by atoms with Crippen molar-refractivity contribution in [1.82, 2.24) is 5.32 Å². The van der Waals surface area contributed by atoms with Crippen molar-refractivity contribution in [3.63, 3.8) is 0 Å². The summed E-state index contributed by atoms with van der Waals surface area (Å²) in [6, 6.07) is 6.83. The number of hydrogen-bond acceptors (Lipinski definition) is 3. The topological polar surface area (TPSA) is 52.6 Å². The summed E-state index contributed by atoms with van der Waals surface area (Å²) >= 11 is 0. The first-order valence-electron chi connectivity index (χ1n) is 6.61. The smallest absolute Gasteiger partial charge is 0.303 e. The lowest BCUT2D eigenvalue weighted by Gasteiger charge is -2.26. The summed E-state index contributed by atoms with van der Waals surface area (Å²) in [5.74, 6) is -1.01. The van der Waals surface area contributed by atoms with Crippen LogP contribution in [0.4, 0.5) is 10.1 Å². The minimum atomic E-state index is -0.788. The van der Waals surface area contributed by atoms with Crippen LogP contribution in [0.1, 0.15) is 19.3 Å². The van der Waals surface area contributed by atoms with Crippen molar-refractivity contribution in [2.75, 3.05) is 24.5 Å². The monoisotopic (exact) mass is 266 g/mol. The number of aliphatic carboxylic acids is 1. The van der Waals surface area contributed by atoms with Crippen LogP contribution in [0.3, 0.4) is 0 Å². The minimum Gasteiger partial charge on any atom is -0.481 e. The van der Waals surface area contributed by atoms with Crippen molar-refractivity contribution in [3.8, 4) is 0 Å². The van der Waals surface area contributed by atoms with Gasteiger partial charge in [-0.25, -0.2) is 4.39 Å². The van der Waals surface area contributed by atoms with Crippen molar-refractivity contribution < 1.29 is 14.3 Å². The Hall–Kier alpha value is -1.62. The maximum absolute atomic E-state index is 13.8. The van der Waals surface area contributed by atoms with Crippen molar-refractivity contribution in [1.29, 1.82) is 0 Å². The number of benzene rings is 1. The zero-order valence-electron chi connectivity index (χ0n) is 10.8. The Morgan fingerprint density at radius 2 is 2.26 bits per heavy atom. The molecule has 5 heteroatoms. The number of para-hydroxylation sites is 1. The molecule has 1 heterocycles. The summed E-state index contributed by atoms with van der Waals surface area (Å²) in [4.78, 5) is 12.6. The maximum Gasteiger partial charge on any atom is 0.303 e. The molecule has 19 heavy (non-hydrogen) atoms. The molecule has 0 bridgehead atoms. The average Bonchev–Trinajstić information content (AvgIpc) is 2.62. The van der Waals surface area contributed by atoms with E-state index in [2.05, 4.69) is 5.32 Å². The quantitative estimate of drug-likeness (QED) is 0.873. The van der Waals surface area contributed by atoms with Gasteiger partial charge in [0.05, 0.1) is 5.69 Å². The van der Waals surface area contributed by atoms with Gasteiger partial charge in [-0.3, -0.25) is 4.79 Å². The van der Waals surface area contributed by atoms with E-state index < -0.39 is 5.97 Å². The molecule has 0 spiro atoms. The van der Waals surface area contributed by atoms with Gasteiger partial charge in [0.25, 0.3) is 0 Å². The zero-order valence-corrected chi connectivity index (χ0v) is 10.8. The van der Waals surface area contributed by atoms with Crippen LogP contribution in [0.2, 0.25) is 0 Å². The Balaban J connectivity index is 2.04. The molecular formula is C14H19FN2O2. The minimum absolute atomic E-state index is 0.0956. The predicted molar refractivity (Wildman–Crippen MR) is 71.9 cm³/mol. The molecule has 1 unspecified atom stereocenters. The molecule has 2 N–H and O–H groups in total. The van der Waals surface area contributed by atoms with E-state index in [1.807, 2.05) is 11.0 Å². The third-order valence-electron chi connectivity index (χ3n) is 3.38. The highest BCUT2D eigenvalue weighted by Gasteiger charge is 2.20. The van der Waals surface area contributed by atoms with Crippen LogP contribution in [0.5, 0.6) is 0 Å². The predicted octanol–water partition coefficient (Wildman–Crippen LogP) is 1.86. The van der Waals surface area contributed by atoms with E-state index in [4.69, 9.17) is 5.11 Å². The van der Waals surface area contributed by atoms with Crippen LogP contribution >= 0.6 is 0 Å². The molecule has 0 aliphatic carbocycles. The standard InChI is InChI=1S/C14H19FN2O2/c15-12-4-1-2-5-13(12)17-9-3-8-16-11(10-17)6-7-14(18)19/h1-2,4-5,11,16H,3,6-10H2,(H,18,19). The molecule has 1 saturated heterocycles. The molecule has 2 rings (SSSR count). The summed E-state index contributed by atoms with van der Waals surface area (Å²) in [5.41, 5.74) is 0.603. The summed E-state index contributed by atoms with van der Waals surface area (Å²) in [6.45, 7) is 2.28. The fourth-order valence-corrected chi connectivity index (χ4v) is 2.42. The van der Waals surface area contributed by atoms with Crippen LogP contribution < -0.4 is 10.2 Å². The summed E-state index contributed by atoms with van der Waals surface area (Å²) in [5, 5.41) is 12.1. The van der Waals surface area contributed by atoms with Gasteiger partial charge in [0, 0.05) is 25.6 Å². The highest BCUT2D eigenvalue weighted by Crippen LogP contribution is 2.20. The second kappa shape index (κ2) is 6.52. The number of nitrogens with one attached hydrogen (secondary N) is 1. The Morgan fingerprint density at radius 1 is 1.47 bits per heavy atom. The fourth-order valence-electron chi connectivity index (χ4n) is 2.42.